The van der Waals surface area contributed by atoms with E-state index in [4.69, 9.17) is 5.11 Å². The molecule has 6 heavy (non-hydrogen) atoms. The summed E-state index contributed by atoms with van der Waals surface area (Å²) < 4.78 is 0. The van der Waals surface area contributed by atoms with Crippen LogP contribution in [0.25, 0.3) is 0 Å². The summed E-state index contributed by atoms with van der Waals surface area (Å²) in [6.45, 7) is 2.40. The fourth-order valence-electron chi connectivity index (χ4n) is 0.158. The van der Waals surface area contributed by atoms with Gasteiger partial charge in [0.25, 0.3) is 0 Å². The van der Waals surface area contributed by atoms with E-state index in [1.165, 1.54) is 0 Å². The van der Waals surface area contributed by atoms with Gasteiger partial charge in [0.05, 0.1) is 0 Å². The summed E-state index contributed by atoms with van der Waals surface area (Å²) in [4.78, 5) is 0. The zero-order valence-electron chi connectivity index (χ0n) is 4.15. The fourth-order valence-corrected chi connectivity index (χ4v) is 0.158. The minimum atomic E-state index is 0. The van der Waals surface area contributed by atoms with E-state index in [9.17, 15) is 0 Å². The van der Waals surface area contributed by atoms with Crippen molar-refractivity contribution in [1.29, 1.82) is 0 Å². The zero-order valence-corrected chi connectivity index (χ0v) is 7.85. The topological polar surface area (TPSA) is 20.2 Å². The number of aliphatic hydroxyl groups excluding tert-OH is 1. The Morgan fingerprint density at radius 1 is 1.50 bits per heavy atom. The van der Waals surface area contributed by atoms with Gasteiger partial charge in [-0.3, -0.25) is 0 Å². The van der Waals surface area contributed by atoms with E-state index < -0.39 is 0 Å². The van der Waals surface area contributed by atoms with Crippen molar-refractivity contribution in [3.8, 4) is 0 Å². The second-order valence-corrected chi connectivity index (χ2v) is 1.08. The summed E-state index contributed by atoms with van der Waals surface area (Å²) in [5.74, 6) is 0. The fraction of sp³-hybridized carbons (Fsp3) is 1.00. The number of rotatable bonds is 2. The molecule has 0 aliphatic heterocycles. The third kappa shape index (κ3) is 9.01. The van der Waals surface area contributed by atoms with Crippen LogP contribution in [0.3, 0.4) is 0 Å². The maximum Gasteiger partial charge on any atom is 0.0430 e. The molecule has 35 valence electrons. The molecule has 0 amide bonds. The number of aliphatic hydroxyl groups is 1. The zero-order chi connectivity index (χ0) is 4.12. The maximum atomic E-state index is 8.07. The monoisotopic (exact) mass is 215 g/mol. The number of hydrogen-bond acceptors (Lipinski definition) is 1. The molecular weight excluding hydrogens is 205 g/mol. The van der Waals surface area contributed by atoms with Gasteiger partial charge in [0, 0.05) is 47.9 Å². The van der Waals surface area contributed by atoms with Crippen LogP contribution in [-0.2, 0) is 0 Å². The Hall–Kier alpha value is 1.32. The summed E-state index contributed by atoms with van der Waals surface area (Å²) in [7, 11) is 0. The molecule has 1 N–H and O–H groups in total. The normalized spacial score (nSPS) is 7.00. The number of hydrogen-bond donors (Lipinski definition) is 1. The largest absolute Gasteiger partial charge is 0.396 e. The van der Waals surface area contributed by atoms with Crippen LogP contribution in [0.15, 0.2) is 0 Å². The molecule has 1 nitrogen and oxygen atoms in total. The first-order valence-corrected chi connectivity index (χ1v) is 2.02. The van der Waals surface area contributed by atoms with Crippen LogP contribution in [-0.4, -0.2) is 11.7 Å². The summed E-state index contributed by atoms with van der Waals surface area (Å²) >= 11 is 0. The third-order valence-electron chi connectivity index (χ3n) is 0.512. The maximum absolute atomic E-state index is 8.07. The average Bonchev–Trinajstić information content (AvgIpc) is 1.41. The van der Waals surface area contributed by atoms with Crippen molar-refractivity contribution in [1.82, 2.24) is 0 Å². The minimum absolute atomic E-state index is 0. The first kappa shape index (κ1) is 10.3. The Morgan fingerprint density at radius 2 is 2.00 bits per heavy atom. The van der Waals surface area contributed by atoms with Gasteiger partial charge in [-0.2, -0.15) is 0 Å². The minimum Gasteiger partial charge on any atom is -0.396 e. The van der Waals surface area contributed by atoms with E-state index in [-0.39, 0.29) is 41.3 Å². The summed E-state index contributed by atoms with van der Waals surface area (Å²) in [5, 5.41) is 8.07. The van der Waals surface area contributed by atoms with Gasteiger partial charge in [-0.1, -0.05) is 13.3 Å². The van der Waals surface area contributed by atoms with E-state index in [0.29, 0.717) is 6.61 Å². The third-order valence-corrected chi connectivity index (χ3v) is 0.512. The van der Waals surface area contributed by atoms with Crippen molar-refractivity contribution in [3.05, 3.63) is 0 Å². The van der Waals surface area contributed by atoms with Gasteiger partial charge in [0.1, 0.15) is 0 Å². The SMILES string of the molecule is CCCCO.[Pr]. The molecule has 0 spiro atoms. The van der Waals surface area contributed by atoms with E-state index in [2.05, 4.69) is 6.92 Å². The standard InChI is InChI=1S/C4H10O.Pr/c1-2-3-4-5;/h5H,2-4H2,1H3;. The first-order chi connectivity index (χ1) is 2.41. The molecule has 0 unspecified atom stereocenters. The Morgan fingerprint density at radius 3 is 2.00 bits per heavy atom. The van der Waals surface area contributed by atoms with Crippen molar-refractivity contribution in [2.24, 2.45) is 0 Å². The van der Waals surface area contributed by atoms with Crippen LogP contribution in [0.5, 0.6) is 0 Å². The molecular formula is C4H10OPr. The summed E-state index contributed by atoms with van der Waals surface area (Å²) in [6, 6.07) is 0. The van der Waals surface area contributed by atoms with Crippen molar-refractivity contribution < 1.29 is 46.4 Å². The van der Waals surface area contributed by atoms with Gasteiger partial charge in [0.2, 0.25) is 0 Å². The second-order valence-electron chi connectivity index (χ2n) is 1.08. The van der Waals surface area contributed by atoms with E-state index in [1.54, 1.807) is 0 Å². The molecule has 0 aliphatic rings. The van der Waals surface area contributed by atoms with Crippen LogP contribution in [0.2, 0.25) is 0 Å². The molecule has 2 heteroatoms. The summed E-state index contributed by atoms with van der Waals surface area (Å²) in [5.41, 5.74) is 0. The van der Waals surface area contributed by atoms with Gasteiger partial charge in [-0.25, -0.2) is 0 Å². The van der Waals surface area contributed by atoms with Crippen LogP contribution in [0.4, 0.5) is 0 Å². The van der Waals surface area contributed by atoms with Gasteiger partial charge in [-0.15, -0.1) is 0 Å². The van der Waals surface area contributed by atoms with Gasteiger partial charge in [0.15, 0.2) is 0 Å². The molecule has 0 heterocycles. The molecule has 0 fully saturated rings. The molecule has 0 bridgehead atoms. The second kappa shape index (κ2) is 9.59. The predicted octanol–water partition coefficient (Wildman–Crippen LogP) is 0.779. The van der Waals surface area contributed by atoms with Crippen molar-refractivity contribution in [3.63, 3.8) is 0 Å². The van der Waals surface area contributed by atoms with E-state index in [1.807, 2.05) is 0 Å². The van der Waals surface area contributed by atoms with Crippen LogP contribution >= 0.6 is 0 Å². The smallest absolute Gasteiger partial charge is 0.0430 e. The molecule has 0 aromatic heterocycles. The Bertz CT molecular complexity index is 15.0. The van der Waals surface area contributed by atoms with Crippen LogP contribution in [0, 0.1) is 41.3 Å². The van der Waals surface area contributed by atoms with Crippen LogP contribution in [0.1, 0.15) is 19.8 Å². The molecule has 0 rings (SSSR count). The van der Waals surface area contributed by atoms with Crippen molar-refractivity contribution >= 4 is 0 Å². The molecule has 0 saturated carbocycles. The Kier molecular flexibility index (Phi) is 16.5. The molecule has 1 radical (unpaired) electrons. The first-order valence-electron chi connectivity index (χ1n) is 2.02. The molecule has 0 aromatic carbocycles. The van der Waals surface area contributed by atoms with E-state index in [0.717, 1.165) is 12.8 Å². The van der Waals surface area contributed by atoms with Crippen molar-refractivity contribution in [2.75, 3.05) is 6.61 Å². The molecule has 0 atom stereocenters. The quantitative estimate of drug-likeness (QED) is 0.721. The summed E-state index contributed by atoms with van der Waals surface area (Å²) in [6.07, 6.45) is 2.04. The van der Waals surface area contributed by atoms with Gasteiger partial charge < -0.3 is 5.11 Å². The molecule has 0 aromatic rings. The number of unbranched alkanes of at least 4 members (excludes halogenated alkanes) is 1. The van der Waals surface area contributed by atoms with Gasteiger partial charge >= 0.3 is 0 Å². The average molecular weight is 215 g/mol. The molecule has 0 aliphatic carbocycles. The van der Waals surface area contributed by atoms with E-state index >= 15 is 0 Å². The molecule has 0 saturated heterocycles. The van der Waals surface area contributed by atoms with Crippen molar-refractivity contribution in [2.45, 2.75) is 19.8 Å². The Balaban J connectivity index is 0. The van der Waals surface area contributed by atoms with Gasteiger partial charge in [-0.05, 0) is 6.42 Å². The Labute approximate surface area is 72.1 Å². The van der Waals surface area contributed by atoms with Crippen LogP contribution < -0.4 is 0 Å². The predicted molar refractivity (Wildman–Crippen MR) is 22.0 cm³/mol.